The third-order valence-electron chi connectivity index (χ3n) is 4.54. The number of benzene rings is 2. The van der Waals surface area contributed by atoms with Crippen LogP contribution in [-0.2, 0) is 6.54 Å². The number of hydrogen-bond donors (Lipinski definition) is 0. The molecule has 3 aromatic rings. The zero-order valence-electron chi connectivity index (χ0n) is 13.2. The van der Waals surface area contributed by atoms with E-state index >= 15 is 0 Å². The van der Waals surface area contributed by atoms with Gasteiger partial charge in [-0.2, -0.15) is 0 Å². The first kappa shape index (κ1) is 14.2. The molecule has 0 aliphatic carbocycles. The Balaban J connectivity index is 1.40. The van der Waals surface area contributed by atoms with E-state index in [1.54, 1.807) is 0 Å². The highest BCUT2D eigenvalue weighted by Gasteiger charge is 2.17. The number of pyridine rings is 1. The largest absolute Gasteiger partial charge is 0.369 e. The molecule has 1 aliphatic heterocycles. The van der Waals surface area contributed by atoms with E-state index in [9.17, 15) is 0 Å². The number of rotatable bonds is 3. The summed E-state index contributed by atoms with van der Waals surface area (Å²) in [6.45, 7) is 5.27. The Kier molecular flexibility index (Phi) is 3.95. The summed E-state index contributed by atoms with van der Waals surface area (Å²) < 4.78 is 0. The zero-order valence-corrected chi connectivity index (χ0v) is 13.2. The summed E-state index contributed by atoms with van der Waals surface area (Å²) in [6, 6.07) is 23.3. The van der Waals surface area contributed by atoms with E-state index < -0.39 is 0 Å². The van der Waals surface area contributed by atoms with Crippen LogP contribution in [-0.4, -0.2) is 36.1 Å². The number of nitrogens with zero attached hydrogens (tertiary/aromatic N) is 3. The number of para-hydroxylation sites is 2. The lowest BCUT2D eigenvalue weighted by Crippen LogP contribution is -2.46. The molecule has 0 amide bonds. The van der Waals surface area contributed by atoms with Crippen molar-refractivity contribution in [3.8, 4) is 0 Å². The van der Waals surface area contributed by atoms with E-state index in [1.807, 2.05) is 0 Å². The monoisotopic (exact) mass is 303 g/mol. The normalized spacial score (nSPS) is 15.9. The Bertz CT molecular complexity index is 777. The summed E-state index contributed by atoms with van der Waals surface area (Å²) >= 11 is 0. The first-order valence-corrected chi connectivity index (χ1v) is 8.25. The summed E-state index contributed by atoms with van der Waals surface area (Å²) in [4.78, 5) is 9.75. The van der Waals surface area contributed by atoms with Crippen molar-refractivity contribution in [1.82, 2.24) is 9.88 Å². The van der Waals surface area contributed by atoms with Crippen LogP contribution in [0.5, 0.6) is 0 Å². The molecule has 0 N–H and O–H groups in total. The minimum atomic E-state index is 0.938. The van der Waals surface area contributed by atoms with Crippen molar-refractivity contribution in [2.75, 3.05) is 31.1 Å². The molecule has 0 spiro atoms. The second kappa shape index (κ2) is 6.39. The van der Waals surface area contributed by atoms with Crippen LogP contribution in [0.25, 0.3) is 10.9 Å². The molecule has 3 nitrogen and oxygen atoms in total. The van der Waals surface area contributed by atoms with E-state index in [-0.39, 0.29) is 0 Å². The van der Waals surface area contributed by atoms with E-state index in [0.29, 0.717) is 0 Å². The van der Waals surface area contributed by atoms with Crippen LogP contribution >= 0.6 is 0 Å². The summed E-state index contributed by atoms with van der Waals surface area (Å²) in [7, 11) is 0. The lowest BCUT2D eigenvalue weighted by Gasteiger charge is -2.36. The van der Waals surface area contributed by atoms with Gasteiger partial charge in [-0.25, -0.2) is 0 Å². The number of hydrogen-bond acceptors (Lipinski definition) is 3. The van der Waals surface area contributed by atoms with Crippen molar-refractivity contribution in [3.63, 3.8) is 0 Å². The fraction of sp³-hybridized carbons (Fsp3) is 0.250. The maximum absolute atomic E-state index is 4.79. The van der Waals surface area contributed by atoms with Crippen LogP contribution < -0.4 is 4.90 Å². The van der Waals surface area contributed by atoms with Crippen LogP contribution in [0, 0.1) is 0 Å². The molecular weight excluding hydrogens is 282 g/mol. The van der Waals surface area contributed by atoms with Gasteiger partial charge in [-0.15, -0.1) is 0 Å². The molecule has 0 unspecified atom stereocenters. The molecule has 1 fully saturated rings. The van der Waals surface area contributed by atoms with Gasteiger partial charge in [0.05, 0.1) is 11.2 Å². The molecule has 3 heteroatoms. The fourth-order valence-electron chi connectivity index (χ4n) is 3.23. The number of anilines is 1. The molecule has 4 rings (SSSR count). The van der Waals surface area contributed by atoms with Gasteiger partial charge >= 0.3 is 0 Å². The Morgan fingerprint density at radius 2 is 1.48 bits per heavy atom. The van der Waals surface area contributed by atoms with Crippen molar-refractivity contribution in [2.24, 2.45) is 0 Å². The predicted molar refractivity (Wildman–Crippen MR) is 95.7 cm³/mol. The Hall–Kier alpha value is -2.39. The molecule has 2 aromatic carbocycles. The minimum Gasteiger partial charge on any atom is -0.369 e. The van der Waals surface area contributed by atoms with Crippen molar-refractivity contribution >= 4 is 16.6 Å². The number of piperazine rings is 1. The highest BCUT2D eigenvalue weighted by Crippen LogP contribution is 2.17. The Labute approximate surface area is 137 Å². The van der Waals surface area contributed by atoms with Crippen LogP contribution in [0.4, 0.5) is 5.69 Å². The predicted octanol–water partition coefficient (Wildman–Crippen LogP) is 3.56. The molecule has 0 bridgehead atoms. The molecule has 0 radical (unpaired) electrons. The molecule has 1 aromatic heterocycles. The van der Waals surface area contributed by atoms with Crippen molar-refractivity contribution < 1.29 is 0 Å². The SMILES string of the molecule is c1ccc(N2CCN(Cc3ccc4ccccc4n3)CC2)cc1. The van der Waals surface area contributed by atoms with Crippen LogP contribution in [0.15, 0.2) is 66.7 Å². The standard InChI is InChI=1S/C20H21N3/c1-2-7-19(8-3-1)23-14-12-22(13-15-23)16-18-11-10-17-6-4-5-9-20(17)21-18/h1-11H,12-16H2. The average molecular weight is 303 g/mol. The van der Waals surface area contributed by atoms with Crippen LogP contribution in [0.3, 0.4) is 0 Å². The van der Waals surface area contributed by atoms with E-state index in [0.717, 1.165) is 43.9 Å². The van der Waals surface area contributed by atoms with Crippen molar-refractivity contribution in [3.05, 3.63) is 72.4 Å². The van der Waals surface area contributed by atoms with E-state index in [4.69, 9.17) is 4.98 Å². The van der Waals surface area contributed by atoms with Gasteiger partial charge in [0.2, 0.25) is 0 Å². The smallest absolute Gasteiger partial charge is 0.0705 e. The summed E-state index contributed by atoms with van der Waals surface area (Å²) in [6.07, 6.45) is 0. The van der Waals surface area contributed by atoms with Gasteiger partial charge in [-0.3, -0.25) is 9.88 Å². The molecule has 1 aliphatic rings. The minimum absolute atomic E-state index is 0.938. The first-order chi connectivity index (χ1) is 11.4. The van der Waals surface area contributed by atoms with Gasteiger partial charge in [-0.05, 0) is 24.3 Å². The second-order valence-corrected chi connectivity index (χ2v) is 6.09. The van der Waals surface area contributed by atoms with Crippen molar-refractivity contribution in [1.29, 1.82) is 0 Å². The average Bonchev–Trinajstić information content (AvgIpc) is 2.63. The van der Waals surface area contributed by atoms with Gasteiger partial charge in [0.1, 0.15) is 0 Å². The van der Waals surface area contributed by atoms with Gasteiger partial charge in [-0.1, -0.05) is 42.5 Å². The van der Waals surface area contributed by atoms with E-state index in [1.165, 1.54) is 11.1 Å². The molecule has 23 heavy (non-hydrogen) atoms. The molecular formula is C20H21N3. The number of aromatic nitrogens is 1. The quantitative estimate of drug-likeness (QED) is 0.737. The maximum Gasteiger partial charge on any atom is 0.0705 e. The third kappa shape index (κ3) is 3.20. The highest BCUT2D eigenvalue weighted by atomic mass is 15.3. The summed E-state index contributed by atoms with van der Waals surface area (Å²) in [5.41, 5.74) is 3.58. The lowest BCUT2D eigenvalue weighted by atomic mass is 10.2. The zero-order chi connectivity index (χ0) is 15.5. The Morgan fingerprint density at radius 1 is 0.739 bits per heavy atom. The molecule has 1 saturated heterocycles. The van der Waals surface area contributed by atoms with Gasteiger partial charge < -0.3 is 4.90 Å². The summed E-state index contributed by atoms with van der Waals surface area (Å²) in [5.74, 6) is 0. The first-order valence-electron chi connectivity index (χ1n) is 8.25. The lowest BCUT2D eigenvalue weighted by molar-refractivity contribution is 0.247. The fourth-order valence-corrected chi connectivity index (χ4v) is 3.23. The van der Waals surface area contributed by atoms with Gasteiger partial charge in [0.15, 0.2) is 0 Å². The highest BCUT2D eigenvalue weighted by molar-refractivity contribution is 5.78. The Morgan fingerprint density at radius 3 is 2.30 bits per heavy atom. The second-order valence-electron chi connectivity index (χ2n) is 6.09. The van der Waals surface area contributed by atoms with Gasteiger partial charge in [0.25, 0.3) is 0 Å². The molecule has 116 valence electrons. The van der Waals surface area contributed by atoms with Crippen LogP contribution in [0.2, 0.25) is 0 Å². The number of fused-ring (bicyclic) bond motifs is 1. The molecule has 0 saturated carbocycles. The molecule has 2 heterocycles. The van der Waals surface area contributed by atoms with Gasteiger partial charge in [0, 0.05) is 43.8 Å². The third-order valence-corrected chi connectivity index (χ3v) is 4.54. The van der Waals surface area contributed by atoms with Crippen molar-refractivity contribution in [2.45, 2.75) is 6.54 Å². The maximum atomic E-state index is 4.79. The van der Waals surface area contributed by atoms with Crippen LogP contribution in [0.1, 0.15) is 5.69 Å². The molecule has 0 atom stereocenters. The summed E-state index contributed by atoms with van der Waals surface area (Å²) in [5, 5.41) is 1.21. The topological polar surface area (TPSA) is 19.4 Å². The van der Waals surface area contributed by atoms with E-state index in [2.05, 4.69) is 76.5 Å².